The van der Waals surface area contributed by atoms with Gasteiger partial charge in [0.1, 0.15) is 17.8 Å². The number of benzene rings is 1. The molecule has 0 bridgehead atoms. The predicted molar refractivity (Wildman–Crippen MR) is 106 cm³/mol. The molecule has 3 aromatic heterocycles. The van der Waals surface area contributed by atoms with Gasteiger partial charge in [-0.2, -0.15) is 5.10 Å². The van der Waals surface area contributed by atoms with Gasteiger partial charge >= 0.3 is 0 Å². The van der Waals surface area contributed by atoms with Gasteiger partial charge in [0.2, 0.25) is 5.76 Å². The molecule has 0 fully saturated rings. The Morgan fingerprint density at radius 3 is 2.75 bits per heavy atom. The van der Waals surface area contributed by atoms with Gasteiger partial charge in [0.25, 0.3) is 0 Å². The molecule has 0 saturated heterocycles. The molecule has 3 N–H and O–H groups in total. The van der Waals surface area contributed by atoms with Gasteiger partial charge in [0.05, 0.1) is 29.1 Å². The van der Waals surface area contributed by atoms with Gasteiger partial charge in [-0.1, -0.05) is 0 Å². The van der Waals surface area contributed by atoms with Crippen molar-refractivity contribution in [2.45, 2.75) is 26.3 Å². The van der Waals surface area contributed by atoms with Crippen molar-refractivity contribution in [3.63, 3.8) is 0 Å². The van der Waals surface area contributed by atoms with Crippen LogP contribution in [0.25, 0.3) is 39.3 Å². The van der Waals surface area contributed by atoms with E-state index in [1.807, 2.05) is 25.5 Å². The summed E-state index contributed by atoms with van der Waals surface area (Å²) in [5.41, 5.74) is 9.09. The fourth-order valence-electron chi connectivity index (χ4n) is 3.09. The van der Waals surface area contributed by atoms with Crippen molar-refractivity contribution < 1.29 is 9.53 Å². The van der Waals surface area contributed by atoms with Crippen LogP contribution in [-0.2, 0) is 15.1 Å². The minimum Gasteiger partial charge on any atom is -0.486 e. The van der Waals surface area contributed by atoms with E-state index in [1.54, 1.807) is 24.1 Å². The first-order valence-corrected chi connectivity index (χ1v) is 8.62. The molecule has 0 aliphatic carbocycles. The van der Waals surface area contributed by atoms with Crippen molar-refractivity contribution in [3.8, 4) is 11.5 Å². The topological polar surface area (TPSA) is 125 Å². The predicted octanol–water partition coefficient (Wildman–Crippen LogP) is 2.53. The van der Waals surface area contributed by atoms with Gasteiger partial charge in [-0.15, -0.1) is 0 Å². The van der Waals surface area contributed by atoms with Gasteiger partial charge in [-0.3, -0.25) is 0 Å². The van der Waals surface area contributed by atoms with E-state index in [0.29, 0.717) is 39.4 Å². The Labute approximate surface area is 160 Å². The molecule has 0 aliphatic heterocycles. The Bertz CT molecular complexity index is 1260. The molecule has 142 valence electrons. The molecule has 9 nitrogen and oxygen atoms in total. The van der Waals surface area contributed by atoms with E-state index in [9.17, 15) is 4.79 Å². The molecular weight excluding hydrogens is 358 g/mol. The second-order valence-electron chi connectivity index (χ2n) is 7.34. The number of imidazole rings is 1. The standard InChI is InChI=1S/C19H19N7O2/c1-19(2,3)26-18-14(16(20)21-9-22-18)15(25-26)17-23-11-6-5-10(7-12(11)24-17)13(8-27)28-4/h5-7,9H,1-4H3,(H,23,24)(H2,20,21,22). The number of hydrogen-bond donors (Lipinski definition) is 2. The second kappa shape index (κ2) is 6.17. The molecule has 0 amide bonds. The van der Waals surface area contributed by atoms with Crippen molar-refractivity contribution >= 4 is 39.6 Å². The Morgan fingerprint density at radius 2 is 2.07 bits per heavy atom. The SMILES string of the molecule is COC(=C=O)c1ccc2nc(-c3nn(C(C)(C)C)c4ncnc(N)c34)[nH]c2c1. The highest BCUT2D eigenvalue weighted by molar-refractivity contribution is 5.98. The van der Waals surface area contributed by atoms with Crippen molar-refractivity contribution in [1.29, 1.82) is 0 Å². The largest absolute Gasteiger partial charge is 0.486 e. The minimum atomic E-state index is -0.307. The number of fused-ring (bicyclic) bond motifs is 2. The summed E-state index contributed by atoms with van der Waals surface area (Å²) < 4.78 is 6.86. The molecule has 0 unspecified atom stereocenters. The number of nitrogens with zero attached hydrogens (tertiary/aromatic N) is 5. The molecule has 0 aliphatic rings. The Kier molecular flexibility index (Phi) is 3.90. The first-order valence-electron chi connectivity index (χ1n) is 8.62. The summed E-state index contributed by atoms with van der Waals surface area (Å²) in [4.78, 5) is 27.4. The van der Waals surface area contributed by atoms with Crippen LogP contribution in [0.4, 0.5) is 5.82 Å². The summed E-state index contributed by atoms with van der Waals surface area (Å²) >= 11 is 0. The van der Waals surface area contributed by atoms with Crippen LogP contribution in [0.15, 0.2) is 24.5 Å². The van der Waals surface area contributed by atoms with Gasteiger partial charge < -0.3 is 15.5 Å². The number of rotatable bonds is 3. The maximum atomic E-state index is 11.0. The molecule has 0 spiro atoms. The number of aromatic nitrogens is 6. The summed E-state index contributed by atoms with van der Waals surface area (Å²) in [5.74, 6) is 2.78. The lowest BCUT2D eigenvalue weighted by atomic mass is 10.1. The lowest BCUT2D eigenvalue weighted by Gasteiger charge is -2.19. The van der Waals surface area contributed by atoms with Gasteiger partial charge in [-0.25, -0.2) is 24.4 Å². The number of hydrogen-bond acceptors (Lipinski definition) is 7. The first kappa shape index (κ1) is 17.7. The smallest absolute Gasteiger partial charge is 0.210 e. The average molecular weight is 377 g/mol. The molecular formula is C19H19N7O2. The zero-order valence-corrected chi connectivity index (χ0v) is 15.9. The first-order chi connectivity index (χ1) is 13.3. The Hall–Kier alpha value is -3.71. The lowest BCUT2D eigenvalue weighted by Crippen LogP contribution is -2.23. The van der Waals surface area contributed by atoms with Crippen LogP contribution in [-0.4, -0.2) is 42.8 Å². The molecule has 4 rings (SSSR count). The number of nitrogen functional groups attached to an aromatic ring is 1. The number of ether oxygens (including phenoxy) is 1. The molecule has 3 heterocycles. The van der Waals surface area contributed by atoms with E-state index < -0.39 is 0 Å². The quantitative estimate of drug-likeness (QED) is 0.415. The summed E-state index contributed by atoms with van der Waals surface area (Å²) in [7, 11) is 1.43. The molecule has 1 aromatic carbocycles. The van der Waals surface area contributed by atoms with Crippen LogP contribution in [0.1, 0.15) is 26.3 Å². The maximum Gasteiger partial charge on any atom is 0.210 e. The fraction of sp³-hybridized carbons (Fsp3) is 0.263. The summed E-state index contributed by atoms with van der Waals surface area (Å²) in [6, 6.07) is 5.32. The molecule has 0 atom stereocenters. The Balaban J connectivity index is 1.95. The Morgan fingerprint density at radius 1 is 1.29 bits per heavy atom. The zero-order chi connectivity index (χ0) is 20.1. The third kappa shape index (κ3) is 2.69. The number of H-pyrrole nitrogens is 1. The minimum absolute atomic E-state index is 0.123. The number of aromatic amines is 1. The molecule has 0 saturated carbocycles. The van der Waals surface area contributed by atoms with E-state index in [0.717, 1.165) is 5.52 Å². The van der Waals surface area contributed by atoms with Crippen LogP contribution >= 0.6 is 0 Å². The number of methoxy groups -OCH3 is 1. The number of carbonyl (C=O) groups excluding carboxylic acids is 1. The van der Waals surface area contributed by atoms with Crippen LogP contribution in [0.2, 0.25) is 0 Å². The van der Waals surface area contributed by atoms with E-state index >= 15 is 0 Å². The molecule has 0 radical (unpaired) electrons. The van der Waals surface area contributed by atoms with Gasteiger partial charge in [0.15, 0.2) is 17.4 Å². The van der Waals surface area contributed by atoms with Crippen LogP contribution in [0.3, 0.4) is 0 Å². The van der Waals surface area contributed by atoms with Crippen molar-refractivity contribution in [3.05, 3.63) is 30.1 Å². The van der Waals surface area contributed by atoms with Crippen molar-refractivity contribution in [1.82, 2.24) is 29.7 Å². The average Bonchev–Trinajstić information content (AvgIpc) is 3.24. The third-order valence-corrected chi connectivity index (χ3v) is 4.39. The van der Waals surface area contributed by atoms with Gasteiger partial charge in [0, 0.05) is 5.56 Å². The van der Waals surface area contributed by atoms with E-state index in [4.69, 9.17) is 15.6 Å². The third-order valence-electron chi connectivity index (χ3n) is 4.39. The monoisotopic (exact) mass is 377 g/mol. The highest BCUT2D eigenvalue weighted by Crippen LogP contribution is 2.32. The van der Waals surface area contributed by atoms with E-state index in [2.05, 4.69) is 19.9 Å². The number of nitrogens with one attached hydrogen (secondary N) is 1. The summed E-state index contributed by atoms with van der Waals surface area (Å²) in [5, 5.41) is 5.37. The van der Waals surface area contributed by atoms with Crippen LogP contribution in [0.5, 0.6) is 0 Å². The van der Waals surface area contributed by atoms with Gasteiger partial charge in [-0.05, 0) is 39.0 Å². The van der Waals surface area contributed by atoms with Crippen LogP contribution in [0, 0.1) is 0 Å². The lowest BCUT2D eigenvalue weighted by molar-refractivity contribution is 0.366. The van der Waals surface area contributed by atoms with E-state index in [1.165, 1.54) is 13.4 Å². The molecule has 4 aromatic rings. The highest BCUT2D eigenvalue weighted by Gasteiger charge is 2.25. The molecule has 28 heavy (non-hydrogen) atoms. The molecule has 9 heteroatoms. The highest BCUT2D eigenvalue weighted by atomic mass is 16.5. The normalized spacial score (nSPS) is 11.7. The van der Waals surface area contributed by atoms with Crippen LogP contribution < -0.4 is 5.73 Å². The van der Waals surface area contributed by atoms with Crippen molar-refractivity contribution in [2.24, 2.45) is 0 Å². The maximum absolute atomic E-state index is 11.0. The second-order valence-corrected chi connectivity index (χ2v) is 7.34. The fourth-order valence-corrected chi connectivity index (χ4v) is 3.09. The summed E-state index contributed by atoms with van der Waals surface area (Å²) in [6.45, 7) is 6.10. The number of anilines is 1. The van der Waals surface area contributed by atoms with E-state index in [-0.39, 0.29) is 11.3 Å². The summed E-state index contributed by atoms with van der Waals surface area (Å²) in [6.07, 6.45) is 1.42. The van der Waals surface area contributed by atoms with Crippen molar-refractivity contribution in [2.75, 3.05) is 12.8 Å². The zero-order valence-electron chi connectivity index (χ0n) is 15.9. The number of nitrogens with two attached hydrogens (primary N) is 1.